The van der Waals surface area contributed by atoms with Gasteiger partial charge in [0.25, 0.3) is 0 Å². The summed E-state index contributed by atoms with van der Waals surface area (Å²) in [5.74, 6) is 1.32. The molecule has 0 aliphatic rings. The van der Waals surface area contributed by atoms with Gasteiger partial charge in [-0.3, -0.25) is 4.98 Å². The van der Waals surface area contributed by atoms with Crippen molar-refractivity contribution in [3.05, 3.63) is 42.4 Å². The van der Waals surface area contributed by atoms with Gasteiger partial charge in [-0.15, -0.1) is 0 Å². The molecular formula is C14H18N4. The van der Waals surface area contributed by atoms with Gasteiger partial charge in [0.2, 0.25) is 0 Å². The lowest BCUT2D eigenvalue weighted by atomic mass is 10.2. The molecule has 2 aromatic rings. The highest BCUT2D eigenvalue weighted by Crippen LogP contribution is 2.09. The lowest BCUT2D eigenvalue weighted by molar-refractivity contribution is 0.551. The van der Waals surface area contributed by atoms with E-state index in [1.165, 1.54) is 0 Å². The number of hydrogen-bond acceptors (Lipinski definition) is 4. The van der Waals surface area contributed by atoms with E-state index in [1.807, 2.05) is 30.6 Å². The van der Waals surface area contributed by atoms with Crippen molar-refractivity contribution in [2.75, 3.05) is 6.54 Å². The normalized spacial score (nSPS) is 10.8. The molecule has 2 aromatic heterocycles. The molecule has 0 fully saturated rings. The highest BCUT2D eigenvalue weighted by molar-refractivity contribution is 5.47. The smallest absolute Gasteiger partial charge is 0.178 e. The SMILES string of the molecule is CC(C)CNCc1cnc(-c2ccccn2)nc1. The zero-order valence-electron chi connectivity index (χ0n) is 10.8. The van der Waals surface area contributed by atoms with E-state index in [-0.39, 0.29) is 0 Å². The highest BCUT2D eigenvalue weighted by atomic mass is 14.9. The minimum absolute atomic E-state index is 0.652. The lowest BCUT2D eigenvalue weighted by Gasteiger charge is -2.07. The van der Waals surface area contributed by atoms with Crippen LogP contribution >= 0.6 is 0 Å². The van der Waals surface area contributed by atoms with Crippen molar-refractivity contribution >= 4 is 0 Å². The first-order chi connectivity index (χ1) is 8.75. The van der Waals surface area contributed by atoms with Gasteiger partial charge in [0, 0.05) is 30.7 Å². The van der Waals surface area contributed by atoms with Crippen LogP contribution in [0.15, 0.2) is 36.8 Å². The topological polar surface area (TPSA) is 50.7 Å². The number of rotatable bonds is 5. The van der Waals surface area contributed by atoms with Gasteiger partial charge in [-0.25, -0.2) is 9.97 Å². The zero-order chi connectivity index (χ0) is 12.8. The Hall–Kier alpha value is -1.81. The molecule has 4 nitrogen and oxygen atoms in total. The molecule has 4 heteroatoms. The second kappa shape index (κ2) is 6.21. The maximum absolute atomic E-state index is 4.33. The summed E-state index contributed by atoms with van der Waals surface area (Å²) in [5, 5.41) is 3.36. The predicted octanol–water partition coefficient (Wildman–Crippen LogP) is 2.28. The van der Waals surface area contributed by atoms with E-state index in [0.29, 0.717) is 11.7 Å². The van der Waals surface area contributed by atoms with Crippen LogP contribution in [-0.2, 0) is 6.54 Å². The molecule has 0 aliphatic heterocycles. The predicted molar refractivity (Wildman–Crippen MR) is 71.8 cm³/mol. The minimum atomic E-state index is 0.652. The molecular weight excluding hydrogens is 224 g/mol. The number of nitrogens with zero attached hydrogens (tertiary/aromatic N) is 3. The average molecular weight is 242 g/mol. The van der Waals surface area contributed by atoms with Crippen LogP contribution in [0.2, 0.25) is 0 Å². The van der Waals surface area contributed by atoms with E-state index in [2.05, 4.69) is 34.1 Å². The van der Waals surface area contributed by atoms with E-state index in [9.17, 15) is 0 Å². The summed E-state index contributed by atoms with van der Waals surface area (Å²) in [6.45, 7) is 6.18. The number of pyridine rings is 1. The molecule has 0 unspecified atom stereocenters. The zero-order valence-corrected chi connectivity index (χ0v) is 10.8. The molecule has 2 heterocycles. The summed E-state index contributed by atoms with van der Waals surface area (Å²) >= 11 is 0. The second-order valence-electron chi connectivity index (χ2n) is 4.65. The first-order valence-corrected chi connectivity index (χ1v) is 6.19. The molecule has 0 saturated heterocycles. The largest absolute Gasteiger partial charge is 0.312 e. The highest BCUT2D eigenvalue weighted by Gasteiger charge is 2.02. The van der Waals surface area contributed by atoms with E-state index in [4.69, 9.17) is 0 Å². The molecule has 18 heavy (non-hydrogen) atoms. The second-order valence-corrected chi connectivity index (χ2v) is 4.65. The molecule has 94 valence electrons. The number of hydrogen-bond donors (Lipinski definition) is 1. The fourth-order valence-corrected chi connectivity index (χ4v) is 1.58. The molecule has 0 aliphatic carbocycles. The molecule has 2 rings (SSSR count). The first kappa shape index (κ1) is 12.6. The van der Waals surface area contributed by atoms with Crippen molar-refractivity contribution < 1.29 is 0 Å². The van der Waals surface area contributed by atoms with Gasteiger partial charge in [-0.05, 0) is 24.6 Å². The van der Waals surface area contributed by atoms with Gasteiger partial charge in [-0.2, -0.15) is 0 Å². The van der Waals surface area contributed by atoms with Gasteiger partial charge in [-0.1, -0.05) is 19.9 Å². The molecule has 0 radical (unpaired) electrons. The third kappa shape index (κ3) is 3.60. The maximum atomic E-state index is 4.33. The standard InChI is InChI=1S/C14H18N4/c1-11(2)7-15-8-12-9-17-14(18-10-12)13-5-3-4-6-16-13/h3-6,9-11,15H,7-8H2,1-2H3. The first-order valence-electron chi connectivity index (χ1n) is 6.19. The van der Waals surface area contributed by atoms with Crippen LogP contribution in [0.25, 0.3) is 11.5 Å². The Morgan fingerprint density at radius 2 is 1.89 bits per heavy atom. The van der Waals surface area contributed by atoms with Crippen molar-refractivity contribution in [3.63, 3.8) is 0 Å². The summed E-state index contributed by atoms with van der Waals surface area (Å²) in [5.41, 5.74) is 1.90. The Balaban J connectivity index is 1.98. The van der Waals surface area contributed by atoms with Gasteiger partial charge < -0.3 is 5.32 Å². The maximum Gasteiger partial charge on any atom is 0.178 e. The van der Waals surface area contributed by atoms with Crippen molar-refractivity contribution in [3.8, 4) is 11.5 Å². The van der Waals surface area contributed by atoms with Gasteiger partial charge in [0.05, 0.1) is 0 Å². The molecule has 1 N–H and O–H groups in total. The van der Waals surface area contributed by atoms with Gasteiger partial charge in [0.1, 0.15) is 5.69 Å². The van der Waals surface area contributed by atoms with Gasteiger partial charge >= 0.3 is 0 Å². The summed E-state index contributed by atoms with van der Waals surface area (Å²) in [7, 11) is 0. The van der Waals surface area contributed by atoms with E-state index in [0.717, 1.165) is 24.3 Å². The Morgan fingerprint density at radius 3 is 2.50 bits per heavy atom. The Bertz CT molecular complexity index is 465. The van der Waals surface area contributed by atoms with Crippen molar-refractivity contribution in [1.29, 1.82) is 0 Å². The molecule has 0 amide bonds. The molecule has 0 spiro atoms. The molecule has 0 aromatic carbocycles. The van der Waals surface area contributed by atoms with Crippen molar-refractivity contribution in [1.82, 2.24) is 20.3 Å². The van der Waals surface area contributed by atoms with Crippen LogP contribution in [0.1, 0.15) is 19.4 Å². The molecule has 0 bridgehead atoms. The van der Waals surface area contributed by atoms with Crippen molar-refractivity contribution in [2.24, 2.45) is 5.92 Å². The van der Waals surface area contributed by atoms with Crippen LogP contribution < -0.4 is 5.32 Å². The van der Waals surface area contributed by atoms with E-state index < -0.39 is 0 Å². The molecule has 0 atom stereocenters. The fraction of sp³-hybridized carbons (Fsp3) is 0.357. The van der Waals surface area contributed by atoms with Crippen LogP contribution in [0.4, 0.5) is 0 Å². The summed E-state index contributed by atoms with van der Waals surface area (Å²) in [6.07, 6.45) is 5.45. The number of nitrogens with one attached hydrogen (secondary N) is 1. The van der Waals surface area contributed by atoms with Crippen molar-refractivity contribution in [2.45, 2.75) is 20.4 Å². The average Bonchev–Trinajstić information content (AvgIpc) is 2.40. The van der Waals surface area contributed by atoms with Crippen LogP contribution in [0, 0.1) is 5.92 Å². The van der Waals surface area contributed by atoms with Crippen LogP contribution in [0.5, 0.6) is 0 Å². The van der Waals surface area contributed by atoms with Crippen LogP contribution in [0.3, 0.4) is 0 Å². The Labute approximate surface area is 108 Å². The van der Waals surface area contributed by atoms with Gasteiger partial charge in [0.15, 0.2) is 5.82 Å². The summed E-state index contributed by atoms with van der Waals surface area (Å²) in [4.78, 5) is 12.9. The summed E-state index contributed by atoms with van der Waals surface area (Å²) < 4.78 is 0. The van der Waals surface area contributed by atoms with E-state index >= 15 is 0 Å². The molecule has 0 saturated carbocycles. The summed E-state index contributed by atoms with van der Waals surface area (Å²) in [6, 6.07) is 5.73. The fourth-order valence-electron chi connectivity index (χ4n) is 1.58. The Morgan fingerprint density at radius 1 is 1.11 bits per heavy atom. The monoisotopic (exact) mass is 242 g/mol. The third-order valence-corrected chi connectivity index (χ3v) is 2.48. The quantitative estimate of drug-likeness (QED) is 0.874. The minimum Gasteiger partial charge on any atom is -0.312 e. The third-order valence-electron chi connectivity index (χ3n) is 2.48. The lowest BCUT2D eigenvalue weighted by Crippen LogP contribution is -2.19. The van der Waals surface area contributed by atoms with Crippen LogP contribution in [-0.4, -0.2) is 21.5 Å². The Kier molecular flexibility index (Phi) is 4.36. The number of aromatic nitrogens is 3. The van der Waals surface area contributed by atoms with E-state index in [1.54, 1.807) is 6.20 Å².